The van der Waals surface area contributed by atoms with Gasteiger partial charge in [0.25, 0.3) is 5.56 Å². The van der Waals surface area contributed by atoms with Crippen LogP contribution in [0.1, 0.15) is 37.8 Å². The summed E-state index contributed by atoms with van der Waals surface area (Å²) < 4.78 is 33.5. The van der Waals surface area contributed by atoms with Gasteiger partial charge in [-0.3, -0.25) is 14.3 Å². The van der Waals surface area contributed by atoms with E-state index in [2.05, 4.69) is 4.98 Å². The molecule has 1 aromatic heterocycles. The fraction of sp³-hybridized carbons (Fsp3) is 0.360. The minimum Gasteiger partial charge on any atom is -0.493 e. The van der Waals surface area contributed by atoms with Gasteiger partial charge >= 0.3 is 5.69 Å². The summed E-state index contributed by atoms with van der Waals surface area (Å²) in [6.45, 7) is 4.74. The van der Waals surface area contributed by atoms with Crippen LogP contribution in [0.25, 0.3) is 0 Å². The van der Waals surface area contributed by atoms with Crippen molar-refractivity contribution in [1.29, 1.82) is 0 Å². The van der Waals surface area contributed by atoms with Gasteiger partial charge < -0.3 is 4.74 Å². The van der Waals surface area contributed by atoms with Crippen molar-refractivity contribution in [2.45, 2.75) is 43.5 Å². The summed E-state index contributed by atoms with van der Waals surface area (Å²) in [7, 11) is -3.54. The molecule has 0 aliphatic heterocycles. The number of rotatable bonds is 9. The lowest BCUT2D eigenvalue weighted by Crippen LogP contribution is -2.29. The van der Waals surface area contributed by atoms with Crippen molar-refractivity contribution in [1.82, 2.24) is 9.55 Å². The van der Waals surface area contributed by atoms with Crippen molar-refractivity contribution in [2.75, 3.05) is 12.4 Å². The average molecular weight is 469 g/mol. The Bertz CT molecular complexity index is 1350. The summed E-state index contributed by atoms with van der Waals surface area (Å²) in [5.74, 6) is 1.13. The SMILES string of the molecule is CC(C)(CS(=O)(=O)c1cccc(OCC2CC2)c1)c1ccc(Cn2ccc(=O)[nH]c2=O)cc1. The minimum absolute atomic E-state index is 0.0508. The smallest absolute Gasteiger partial charge is 0.328 e. The predicted octanol–water partition coefficient (Wildman–Crippen LogP) is 3.13. The van der Waals surface area contributed by atoms with E-state index in [1.54, 1.807) is 24.3 Å². The molecule has 33 heavy (non-hydrogen) atoms. The van der Waals surface area contributed by atoms with Gasteiger partial charge in [0.2, 0.25) is 0 Å². The number of benzene rings is 2. The van der Waals surface area contributed by atoms with Crippen LogP contribution in [0.15, 0.2) is 75.3 Å². The molecule has 0 radical (unpaired) electrons. The summed E-state index contributed by atoms with van der Waals surface area (Å²) >= 11 is 0. The maximum absolute atomic E-state index is 13.2. The van der Waals surface area contributed by atoms with Crippen molar-refractivity contribution in [3.05, 3.63) is 92.8 Å². The highest BCUT2D eigenvalue weighted by Crippen LogP contribution is 2.31. The molecule has 174 valence electrons. The van der Waals surface area contributed by atoms with Crippen LogP contribution in [-0.2, 0) is 21.8 Å². The van der Waals surface area contributed by atoms with Gasteiger partial charge in [0, 0.05) is 17.7 Å². The highest BCUT2D eigenvalue weighted by atomic mass is 32.2. The first-order valence-electron chi connectivity index (χ1n) is 11.0. The maximum Gasteiger partial charge on any atom is 0.328 e. The van der Waals surface area contributed by atoms with E-state index in [0.717, 1.165) is 11.1 Å². The van der Waals surface area contributed by atoms with E-state index >= 15 is 0 Å². The van der Waals surface area contributed by atoms with Crippen LogP contribution in [-0.4, -0.2) is 30.3 Å². The standard InChI is InChI=1S/C25H28N2O5S/c1-25(2,17-33(30,31)22-5-3-4-21(14-22)32-16-19-6-7-19)20-10-8-18(9-11-20)15-27-13-12-23(28)26-24(27)29/h3-5,8-14,19H,6-7,15-17H2,1-2H3,(H,26,28,29). The molecular formula is C25H28N2O5S. The number of hydrogen-bond acceptors (Lipinski definition) is 5. The lowest BCUT2D eigenvalue weighted by molar-refractivity contribution is 0.299. The largest absolute Gasteiger partial charge is 0.493 e. The molecule has 0 bridgehead atoms. The minimum atomic E-state index is -3.54. The second kappa shape index (κ2) is 9.02. The Balaban J connectivity index is 1.47. The van der Waals surface area contributed by atoms with Crippen molar-refractivity contribution >= 4 is 9.84 Å². The number of hydrogen-bond donors (Lipinski definition) is 1. The van der Waals surface area contributed by atoms with Crippen molar-refractivity contribution in [2.24, 2.45) is 5.92 Å². The molecule has 1 heterocycles. The number of nitrogens with zero attached hydrogens (tertiary/aromatic N) is 1. The zero-order valence-corrected chi connectivity index (χ0v) is 19.6. The van der Waals surface area contributed by atoms with E-state index < -0.39 is 26.5 Å². The fourth-order valence-corrected chi connectivity index (χ4v) is 5.59. The molecular weight excluding hydrogens is 440 g/mol. The highest BCUT2D eigenvalue weighted by Gasteiger charge is 2.30. The number of aromatic amines is 1. The monoisotopic (exact) mass is 468 g/mol. The lowest BCUT2D eigenvalue weighted by Gasteiger charge is -2.25. The van der Waals surface area contributed by atoms with Crippen LogP contribution in [0.4, 0.5) is 0 Å². The van der Waals surface area contributed by atoms with E-state index in [1.807, 2.05) is 38.1 Å². The van der Waals surface area contributed by atoms with Gasteiger partial charge in [-0.05, 0) is 48.1 Å². The highest BCUT2D eigenvalue weighted by molar-refractivity contribution is 7.91. The van der Waals surface area contributed by atoms with E-state index in [0.29, 0.717) is 24.8 Å². The van der Waals surface area contributed by atoms with Gasteiger partial charge in [-0.1, -0.05) is 44.2 Å². The molecule has 0 amide bonds. The lowest BCUT2D eigenvalue weighted by atomic mass is 9.86. The third kappa shape index (κ3) is 5.82. The number of nitrogens with one attached hydrogen (secondary N) is 1. The summed E-state index contributed by atoms with van der Waals surface area (Å²) in [6.07, 6.45) is 3.80. The van der Waals surface area contributed by atoms with Crippen molar-refractivity contribution in [3.8, 4) is 5.75 Å². The van der Waals surface area contributed by atoms with Crippen LogP contribution in [0.5, 0.6) is 5.75 Å². The third-order valence-corrected chi connectivity index (χ3v) is 7.96. The number of ether oxygens (including phenoxy) is 1. The van der Waals surface area contributed by atoms with Gasteiger partial charge in [-0.2, -0.15) is 0 Å². The van der Waals surface area contributed by atoms with Crippen molar-refractivity contribution in [3.63, 3.8) is 0 Å². The quantitative estimate of drug-likeness (QED) is 0.520. The topological polar surface area (TPSA) is 98.2 Å². The first kappa shape index (κ1) is 23.0. The van der Waals surface area contributed by atoms with E-state index in [4.69, 9.17) is 4.74 Å². The van der Waals surface area contributed by atoms with Crippen LogP contribution >= 0.6 is 0 Å². The predicted molar refractivity (Wildman–Crippen MR) is 127 cm³/mol. The Kier molecular flexibility index (Phi) is 6.30. The number of aromatic nitrogens is 2. The Labute approximate surface area is 193 Å². The number of sulfone groups is 1. The molecule has 3 aromatic rings. The molecule has 1 aliphatic rings. The zero-order valence-electron chi connectivity index (χ0n) is 18.8. The molecule has 0 unspecified atom stereocenters. The summed E-state index contributed by atoms with van der Waals surface area (Å²) in [4.78, 5) is 25.6. The summed E-state index contributed by atoms with van der Waals surface area (Å²) in [6, 6.07) is 15.5. The van der Waals surface area contributed by atoms with Gasteiger partial charge in [0.05, 0.1) is 23.8 Å². The molecule has 8 heteroatoms. The van der Waals surface area contributed by atoms with Crippen LogP contribution in [0.2, 0.25) is 0 Å². The molecule has 1 aliphatic carbocycles. The van der Waals surface area contributed by atoms with Crippen LogP contribution < -0.4 is 16.0 Å². The molecule has 1 saturated carbocycles. The molecule has 1 fully saturated rings. The van der Waals surface area contributed by atoms with Gasteiger partial charge in [0.15, 0.2) is 9.84 Å². The average Bonchev–Trinajstić information content (AvgIpc) is 3.59. The second-order valence-corrected chi connectivity index (χ2v) is 11.3. The normalized spacial score (nSPS) is 14.2. The van der Waals surface area contributed by atoms with Gasteiger partial charge in [-0.15, -0.1) is 0 Å². The Morgan fingerprint density at radius 1 is 1.06 bits per heavy atom. The molecule has 0 saturated heterocycles. The van der Waals surface area contributed by atoms with Crippen LogP contribution in [0.3, 0.4) is 0 Å². The zero-order chi connectivity index (χ0) is 23.6. The van der Waals surface area contributed by atoms with Gasteiger partial charge in [-0.25, -0.2) is 13.2 Å². The first-order chi connectivity index (χ1) is 15.6. The molecule has 4 rings (SSSR count). The molecule has 2 aromatic carbocycles. The van der Waals surface area contributed by atoms with Crippen molar-refractivity contribution < 1.29 is 13.2 Å². The maximum atomic E-state index is 13.2. The molecule has 7 nitrogen and oxygen atoms in total. The fourth-order valence-electron chi connectivity index (χ4n) is 3.72. The van der Waals surface area contributed by atoms with Gasteiger partial charge in [0.1, 0.15) is 5.75 Å². The molecule has 1 N–H and O–H groups in total. The summed E-state index contributed by atoms with van der Waals surface area (Å²) in [5, 5.41) is 0. The Hall–Kier alpha value is -3.13. The third-order valence-electron chi connectivity index (χ3n) is 5.88. The van der Waals surface area contributed by atoms with E-state index in [9.17, 15) is 18.0 Å². The Morgan fingerprint density at radius 3 is 2.45 bits per heavy atom. The summed E-state index contributed by atoms with van der Waals surface area (Å²) in [5.41, 5.74) is 0.213. The molecule has 0 spiro atoms. The van der Waals surface area contributed by atoms with E-state index in [1.165, 1.54) is 29.7 Å². The van der Waals surface area contributed by atoms with Crippen LogP contribution in [0, 0.1) is 5.92 Å². The molecule has 0 atom stereocenters. The second-order valence-electron chi connectivity index (χ2n) is 9.31. The first-order valence-corrected chi connectivity index (χ1v) is 12.6. The Morgan fingerprint density at radius 2 is 1.79 bits per heavy atom. The number of H-pyrrole nitrogens is 1. The van der Waals surface area contributed by atoms with E-state index in [-0.39, 0.29) is 10.6 Å².